The standard InChI is InChI=1S/C12H20N2/c1-5-14-8-6-7-12(14)9-10(2)11(3)13-4/h6-9,11,13H,5H2,1-4H3/b10-9-. The molecule has 0 aliphatic rings. The number of aromatic nitrogens is 1. The second-order valence-electron chi connectivity index (χ2n) is 3.62. The summed E-state index contributed by atoms with van der Waals surface area (Å²) in [5.41, 5.74) is 2.65. The van der Waals surface area contributed by atoms with Crippen LogP contribution in [-0.2, 0) is 6.54 Å². The third-order valence-electron chi connectivity index (χ3n) is 2.70. The quantitative estimate of drug-likeness (QED) is 0.775. The minimum absolute atomic E-state index is 0.440. The van der Waals surface area contributed by atoms with Gasteiger partial charge in [-0.05, 0) is 46.0 Å². The van der Waals surface area contributed by atoms with Gasteiger partial charge in [-0.25, -0.2) is 0 Å². The molecule has 0 saturated heterocycles. The second kappa shape index (κ2) is 5.01. The lowest BCUT2D eigenvalue weighted by Gasteiger charge is -2.11. The minimum atomic E-state index is 0.440. The van der Waals surface area contributed by atoms with Crippen molar-refractivity contribution < 1.29 is 0 Å². The Hall–Kier alpha value is -1.02. The summed E-state index contributed by atoms with van der Waals surface area (Å²) in [5, 5.41) is 3.24. The predicted molar refractivity (Wildman–Crippen MR) is 62.3 cm³/mol. The molecule has 0 amide bonds. The van der Waals surface area contributed by atoms with Gasteiger partial charge in [-0.1, -0.05) is 5.57 Å². The minimum Gasteiger partial charge on any atom is -0.348 e. The van der Waals surface area contributed by atoms with Gasteiger partial charge in [0.15, 0.2) is 0 Å². The van der Waals surface area contributed by atoms with Gasteiger partial charge in [0, 0.05) is 24.5 Å². The van der Waals surface area contributed by atoms with Gasteiger partial charge in [0.1, 0.15) is 0 Å². The largest absolute Gasteiger partial charge is 0.348 e. The zero-order valence-electron chi connectivity index (χ0n) is 9.54. The van der Waals surface area contributed by atoms with E-state index in [1.165, 1.54) is 11.3 Å². The van der Waals surface area contributed by atoms with Crippen molar-refractivity contribution in [1.82, 2.24) is 9.88 Å². The van der Waals surface area contributed by atoms with E-state index in [0.717, 1.165) is 6.54 Å². The summed E-state index contributed by atoms with van der Waals surface area (Å²) < 4.78 is 2.24. The summed E-state index contributed by atoms with van der Waals surface area (Å²) in [4.78, 5) is 0. The Balaban J connectivity index is 2.85. The maximum atomic E-state index is 3.24. The van der Waals surface area contributed by atoms with Crippen molar-refractivity contribution in [3.63, 3.8) is 0 Å². The molecule has 0 fully saturated rings. The van der Waals surface area contributed by atoms with Crippen molar-refractivity contribution in [3.05, 3.63) is 29.6 Å². The highest BCUT2D eigenvalue weighted by Gasteiger charge is 2.01. The molecule has 0 saturated carbocycles. The summed E-state index contributed by atoms with van der Waals surface area (Å²) in [6.45, 7) is 7.52. The van der Waals surface area contributed by atoms with Crippen LogP contribution in [0.25, 0.3) is 6.08 Å². The summed E-state index contributed by atoms with van der Waals surface area (Å²) in [6, 6.07) is 4.68. The first kappa shape index (κ1) is 11.1. The van der Waals surface area contributed by atoms with Gasteiger partial charge in [-0.15, -0.1) is 0 Å². The SMILES string of the molecule is CCn1cccc1/C=C(/C)C(C)NC. The smallest absolute Gasteiger partial charge is 0.0406 e. The van der Waals surface area contributed by atoms with Crippen molar-refractivity contribution in [3.8, 4) is 0 Å². The van der Waals surface area contributed by atoms with Crippen LogP contribution in [0.2, 0.25) is 0 Å². The van der Waals surface area contributed by atoms with Crippen LogP contribution >= 0.6 is 0 Å². The molecule has 0 aromatic carbocycles. The first-order chi connectivity index (χ1) is 6.69. The summed E-state index contributed by atoms with van der Waals surface area (Å²) in [5.74, 6) is 0. The molecule has 1 unspecified atom stereocenters. The van der Waals surface area contributed by atoms with E-state index < -0.39 is 0 Å². The molecular formula is C12H20N2. The molecule has 78 valence electrons. The highest BCUT2D eigenvalue weighted by molar-refractivity contribution is 5.50. The van der Waals surface area contributed by atoms with Crippen molar-refractivity contribution >= 4 is 6.08 Å². The average Bonchev–Trinajstić information content (AvgIpc) is 2.63. The van der Waals surface area contributed by atoms with E-state index in [2.05, 4.69) is 55.1 Å². The lowest BCUT2D eigenvalue weighted by atomic mass is 10.1. The molecular weight excluding hydrogens is 172 g/mol. The molecule has 14 heavy (non-hydrogen) atoms. The molecule has 0 bridgehead atoms. The Kier molecular flexibility index (Phi) is 3.96. The van der Waals surface area contributed by atoms with E-state index >= 15 is 0 Å². The van der Waals surface area contributed by atoms with E-state index in [0.29, 0.717) is 6.04 Å². The molecule has 0 aliphatic heterocycles. The average molecular weight is 192 g/mol. The van der Waals surface area contributed by atoms with Crippen LogP contribution in [0.5, 0.6) is 0 Å². The molecule has 1 rings (SSSR count). The number of hydrogen-bond donors (Lipinski definition) is 1. The Bertz CT molecular complexity index is 310. The normalized spacial score (nSPS) is 14.4. The molecule has 1 aromatic rings. The predicted octanol–water partition coefficient (Wildman–Crippen LogP) is 2.52. The fourth-order valence-corrected chi connectivity index (χ4v) is 1.43. The fraction of sp³-hybridized carbons (Fsp3) is 0.500. The van der Waals surface area contributed by atoms with Gasteiger partial charge in [-0.3, -0.25) is 0 Å². The third kappa shape index (κ3) is 2.48. The lowest BCUT2D eigenvalue weighted by molar-refractivity contribution is 0.694. The van der Waals surface area contributed by atoms with E-state index in [4.69, 9.17) is 0 Å². The number of rotatable bonds is 4. The molecule has 0 spiro atoms. The number of nitrogens with one attached hydrogen (secondary N) is 1. The molecule has 1 N–H and O–H groups in total. The first-order valence-corrected chi connectivity index (χ1v) is 5.19. The Labute approximate surface area is 86.6 Å². The number of aryl methyl sites for hydroxylation is 1. The van der Waals surface area contributed by atoms with Crippen LogP contribution < -0.4 is 5.32 Å². The van der Waals surface area contributed by atoms with E-state index in [1.807, 2.05) is 7.05 Å². The first-order valence-electron chi connectivity index (χ1n) is 5.19. The van der Waals surface area contributed by atoms with Gasteiger partial charge >= 0.3 is 0 Å². The van der Waals surface area contributed by atoms with Crippen molar-refractivity contribution in [2.24, 2.45) is 0 Å². The van der Waals surface area contributed by atoms with E-state index in [1.54, 1.807) is 0 Å². The third-order valence-corrected chi connectivity index (χ3v) is 2.70. The number of nitrogens with zero attached hydrogens (tertiary/aromatic N) is 1. The maximum absolute atomic E-state index is 3.24. The van der Waals surface area contributed by atoms with Gasteiger partial charge in [0.25, 0.3) is 0 Å². The van der Waals surface area contributed by atoms with E-state index in [9.17, 15) is 0 Å². The highest BCUT2D eigenvalue weighted by atomic mass is 14.9. The van der Waals surface area contributed by atoms with E-state index in [-0.39, 0.29) is 0 Å². The zero-order valence-corrected chi connectivity index (χ0v) is 9.54. The second-order valence-corrected chi connectivity index (χ2v) is 3.62. The van der Waals surface area contributed by atoms with Crippen molar-refractivity contribution in [1.29, 1.82) is 0 Å². The highest BCUT2D eigenvalue weighted by Crippen LogP contribution is 2.10. The molecule has 2 nitrogen and oxygen atoms in total. The Morgan fingerprint density at radius 1 is 1.64 bits per heavy atom. The number of hydrogen-bond acceptors (Lipinski definition) is 1. The fourth-order valence-electron chi connectivity index (χ4n) is 1.43. The number of likely N-dealkylation sites (N-methyl/N-ethyl adjacent to an activating group) is 1. The van der Waals surface area contributed by atoms with Gasteiger partial charge in [0.2, 0.25) is 0 Å². The van der Waals surface area contributed by atoms with Crippen molar-refractivity contribution in [2.45, 2.75) is 33.4 Å². The summed E-state index contributed by atoms with van der Waals surface area (Å²) >= 11 is 0. The molecule has 0 aliphatic carbocycles. The lowest BCUT2D eigenvalue weighted by Crippen LogP contribution is -2.22. The Morgan fingerprint density at radius 3 is 2.93 bits per heavy atom. The van der Waals surface area contributed by atoms with Gasteiger partial charge in [-0.2, -0.15) is 0 Å². The summed E-state index contributed by atoms with van der Waals surface area (Å²) in [7, 11) is 1.99. The van der Waals surface area contributed by atoms with Crippen LogP contribution in [0.4, 0.5) is 0 Å². The Morgan fingerprint density at radius 2 is 2.36 bits per heavy atom. The molecule has 1 heterocycles. The van der Waals surface area contributed by atoms with Crippen LogP contribution in [-0.4, -0.2) is 17.7 Å². The van der Waals surface area contributed by atoms with Gasteiger partial charge in [0.05, 0.1) is 0 Å². The van der Waals surface area contributed by atoms with Crippen LogP contribution in [0.15, 0.2) is 23.9 Å². The molecule has 1 atom stereocenters. The summed E-state index contributed by atoms with van der Waals surface area (Å²) in [6.07, 6.45) is 4.35. The zero-order chi connectivity index (χ0) is 10.6. The molecule has 1 aromatic heterocycles. The topological polar surface area (TPSA) is 17.0 Å². The maximum Gasteiger partial charge on any atom is 0.0406 e. The van der Waals surface area contributed by atoms with Crippen LogP contribution in [0, 0.1) is 0 Å². The molecule has 2 heteroatoms. The molecule has 0 radical (unpaired) electrons. The van der Waals surface area contributed by atoms with Gasteiger partial charge < -0.3 is 9.88 Å². The monoisotopic (exact) mass is 192 g/mol. The van der Waals surface area contributed by atoms with Crippen molar-refractivity contribution in [2.75, 3.05) is 7.05 Å². The van der Waals surface area contributed by atoms with Crippen LogP contribution in [0.3, 0.4) is 0 Å². The van der Waals surface area contributed by atoms with Crippen LogP contribution in [0.1, 0.15) is 26.5 Å².